The smallest absolute Gasteiger partial charge is 0.225 e. The number of nitrogens with zero attached hydrogens (tertiary/aromatic N) is 6. The van der Waals surface area contributed by atoms with Gasteiger partial charge in [0.2, 0.25) is 5.95 Å². The first-order valence-corrected chi connectivity index (χ1v) is 10.6. The Labute approximate surface area is 173 Å². The van der Waals surface area contributed by atoms with Gasteiger partial charge in [-0.2, -0.15) is 0 Å². The molecule has 0 spiro atoms. The van der Waals surface area contributed by atoms with E-state index in [0.29, 0.717) is 0 Å². The zero-order valence-corrected chi connectivity index (χ0v) is 17.3. The average Bonchev–Trinajstić information content (AvgIpc) is 3.29. The molecular formula is C22H31N7. The van der Waals surface area contributed by atoms with Crippen molar-refractivity contribution >= 4 is 11.9 Å². The molecule has 2 fully saturated rings. The van der Waals surface area contributed by atoms with Gasteiger partial charge in [-0.15, -0.1) is 0 Å². The molecule has 2 aliphatic heterocycles. The Hall–Kier alpha value is -2.67. The van der Waals surface area contributed by atoms with Gasteiger partial charge >= 0.3 is 0 Å². The minimum Gasteiger partial charge on any atom is -0.352 e. The van der Waals surface area contributed by atoms with Crippen molar-refractivity contribution in [1.82, 2.24) is 25.1 Å². The molecule has 4 rings (SSSR count). The van der Waals surface area contributed by atoms with Gasteiger partial charge in [0.1, 0.15) is 0 Å². The first kappa shape index (κ1) is 19.6. The van der Waals surface area contributed by atoms with Crippen LogP contribution in [0.25, 0.3) is 0 Å². The van der Waals surface area contributed by atoms with Gasteiger partial charge in [-0.3, -0.25) is 9.89 Å². The summed E-state index contributed by atoms with van der Waals surface area (Å²) in [4.78, 5) is 20.3. The number of hydrogen-bond donors (Lipinski definition) is 1. The van der Waals surface area contributed by atoms with Gasteiger partial charge in [0.15, 0.2) is 5.96 Å². The Morgan fingerprint density at radius 2 is 1.59 bits per heavy atom. The van der Waals surface area contributed by atoms with Crippen LogP contribution in [0.15, 0.2) is 47.7 Å². The molecule has 3 heterocycles. The third-order valence-corrected chi connectivity index (χ3v) is 5.70. The number of nitrogens with one attached hydrogen (secondary N) is 1. The number of guanidine groups is 1. The molecule has 0 radical (unpaired) electrons. The minimum atomic E-state index is 0.790. The second-order valence-corrected chi connectivity index (χ2v) is 7.72. The second kappa shape index (κ2) is 9.69. The van der Waals surface area contributed by atoms with E-state index in [4.69, 9.17) is 0 Å². The van der Waals surface area contributed by atoms with Crippen molar-refractivity contribution in [3.05, 3.63) is 53.9 Å². The quantitative estimate of drug-likeness (QED) is 0.619. The molecule has 154 valence electrons. The molecular weight excluding hydrogens is 362 g/mol. The van der Waals surface area contributed by atoms with E-state index >= 15 is 0 Å². The Bertz CT molecular complexity index is 777. The van der Waals surface area contributed by atoms with Crippen molar-refractivity contribution in [3.63, 3.8) is 0 Å². The average molecular weight is 394 g/mol. The molecule has 0 amide bonds. The fraction of sp³-hybridized carbons (Fsp3) is 0.500. The van der Waals surface area contributed by atoms with Crippen LogP contribution in [-0.2, 0) is 13.1 Å². The predicted molar refractivity (Wildman–Crippen MR) is 117 cm³/mol. The summed E-state index contributed by atoms with van der Waals surface area (Å²) in [5.74, 6) is 1.77. The minimum absolute atomic E-state index is 0.790. The monoisotopic (exact) mass is 393 g/mol. The molecule has 7 heteroatoms. The Morgan fingerprint density at radius 1 is 0.931 bits per heavy atom. The second-order valence-electron chi connectivity index (χ2n) is 7.72. The maximum atomic E-state index is 4.49. The summed E-state index contributed by atoms with van der Waals surface area (Å²) < 4.78 is 0. The molecule has 2 aliphatic rings. The van der Waals surface area contributed by atoms with Gasteiger partial charge < -0.3 is 15.1 Å². The third kappa shape index (κ3) is 5.23. The lowest BCUT2D eigenvalue weighted by Gasteiger charge is -2.36. The third-order valence-electron chi connectivity index (χ3n) is 5.70. The van der Waals surface area contributed by atoms with Crippen molar-refractivity contribution < 1.29 is 0 Å². The highest BCUT2D eigenvalue weighted by Crippen LogP contribution is 2.14. The fourth-order valence-corrected chi connectivity index (χ4v) is 4.05. The van der Waals surface area contributed by atoms with Crippen LogP contribution >= 0.6 is 0 Å². The molecule has 0 saturated carbocycles. The number of likely N-dealkylation sites (tertiary alicyclic amines) is 1. The molecule has 1 aromatic carbocycles. The molecule has 2 aromatic rings. The summed E-state index contributed by atoms with van der Waals surface area (Å²) in [6, 6.07) is 10.8. The maximum Gasteiger partial charge on any atom is 0.225 e. The summed E-state index contributed by atoms with van der Waals surface area (Å²) >= 11 is 0. The molecule has 0 atom stereocenters. The highest BCUT2D eigenvalue weighted by molar-refractivity contribution is 5.80. The number of aromatic nitrogens is 2. The number of rotatable bonds is 5. The topological polar surface area (TPSA) is 59.9 Å². The van der Waals surface area contributed by atoms with E-state index in [1.54, 1.807) is 12.4 Å². The first-order valence-electron chi connectivity index (χ1n) is 10.6. The molecule has 1 aromatic heterocycles. The Morgan fingerprint density at radius 3 is 2.24 bits per heavy atom. The standard InChI is InChI=1S/C22H31N7/c1-23-21(28-13-15-29(16-14-28)22-24-9-4-10-25-22)26-17-19-5-7-20(8-6-19)18-27-11-2-3-12-27/h4-10H,2-3,11-18H2,1H3,(H,23,26). The highest BCUT2D eigenvalue weighted by atomic mass is 15.4. The number of anilines is 1. The van der Waals surface area contributed by atoms with Crippen molar-refractivity contribution in [1.29, 1.82) is 0 Å². The summed E-state index contributed by atoms with van der Waals surface area (Å²) in [6.45, 7) is 7.96. The van der Waals surface area contributed by atoms with Gasteiger partial charge in [0.25, 0.3) is 0 Å². The number of hydrogen-bond acceptors (Lipinski definition) is 5. The van der Waals surface area contributed by atoms with Gasteiger partial charge in [-0.1, -0.05) is 24.3 Å². The predicted octanol–water partition coefficient (Wildman–Crippen LogP) is 1.97. The SMILES string of the molecule is CN=C(NCc1ccc(CN2CCCC2)cc1)N1CCN(c2ncccn2)CC1. The van der Waals surface area contributed by atoms with Gasteiger partial charge in [0.05, 0.1) is 0 Å². The van der Waals surface area contributed by atoms with Gasteiger partial charge in [-0.05, 0) is 43.1 Å². The van der Waals surface area contributed by atoms with Crippen LogP contribution in [0, 0.1) is 0 Å². The Kier molecular flexibility index (Phi) is 6.56. The number of benzene rings is 1. The summed E-state index contributed by atoms with van der Waals surface area (Å²) in [5.41, 5.74) is 2.69. The number of piperazine rings is 1. The summed E-state index contributed by atoms with van der Waals surface area (Å²) in [5, 5.41) is 3.52. The normalized spacial score (nSPS) is 18.3. The lowest BCUT2D eigenvalue weighted by atomic mass is 10.1. The van der Waals surface area contributed by atoms with Crippen molar-refractivity contribution in [3.8, 4) is 0 Å². The largest absolute Gasteiger partial charge is 0.352 e. The lowest BCUT2D eigenvalue weighted by Crippen LogP contribution is -2.52. The molecule has 0 unspecified atom stereocenters. The molecule has 0 bridgehead atoms. The summed E-state index contributed by atoms with van der Waals surface area (Å²) in [7, 11) is 1.86. The molecule has 0 aliphatic carbocycles. The zero-order chi connectivity index (χ0) is 19.9. The van der Waals surface area contributed by atoms with E-state index in [2.05, 4.69) is 59.2 Å². The van der Waals surface area contributed by atoms with Gasteiger partial charge in [-0.25, -0.2) is 9.97 Å². The van der Waals surface area contributed by atoms with E-state index in [-0.39, 0.29) is 0 Å². The van der Waals surface area contributed by atoms with Gasteiger partial charge in [0, 0.05) is 58.7 Å². The lowest BCUT2D eigenvalue weighted by molar-refractivity contribution is 0.331. The molecule has 29 heavy (non-hydrogen) atoms. The van der Waals surface area contributed by atoms with Crippen molar-refractivity contribution in [2.75, 3.05) is 51.2 Å². The van der Waals surface area contributed by atoms with Crippen LogP contribution in [0.4, 0.5) is 5.95 Å². The highest BCUT2D eigenvalue weighted by Gasteiger charge is 2.21. The molecule has 1 N–H and O–H groups in total. The van der Waals surface area contributed by atoms with E-state index in [9.17, 15) is 0 Å². The first-order chi connectivity index (χ1) is 14.3. The number of aliphatic imine (C=N–C) groups is 1. The fourth-order valence-electron chi connectivity index (χ4n) is 4.05. The van der Waals surface area contributed by atoms with E-state index in [1.165, 1.54) is 37.1 Å². The maximum absolute atomic E-state index is 4.49. The van der Waals surface area contributed by atoms with Crippen molar-refractivity contribution in [2.24, 2.45) is 4.99 Å². The van der Waals surface area contributed by atoms with Crippen LogP contribution in [-0.4, -0.2) is 72.0 Å². The van der Waals surface area contributed by atoms with E-state index < -0.39 is 0 Å². The van der Waals surface area contributed by atoms with Crippen LogP contribution in [0.5, 0.6) is 0 Å². The van der Waals surface area contributed by atoms with E-state index in [1.807, 2.05) is 13.1 Å². The van der Waals surface area contributed by atoms with Crippen LogP contribution in [0.2, 0.25) is 0 Å². The van der Waals surface area contributed by atoms with Crippen LogP contribution < -0.4 is 10.2 Å². The van der Waals surface area contributed by atoms with E-state index in [0.717, 1.165) is 51.2 Å². The summed E-state index contributed by atoms with van der Waals surface area (Å²) in [6.07, 6.45) is 6.28. The zero-order valence-electron chi connectivity index (χ0n) is 17.3. The van der Waals surface area contributed by atoms with Crippen LogP contribution in [0.3, 0.4) is 0 Å². The Balaban J connectivity index is 1.25. The van der Waals surface area contributed by atoms with Crippen LogP contribution in [0.1, 0.15) is 24.0 Å². The van der Waals surface area contributed by atoms with Crippen molar-refractivity contribution in [2.45, 2.75) is 25.9 Å². The molecule has 2 saturated heterocycles. The molecule has 7 nitrogen and oxygen atoms in total.